The van der Waals surface area contributed by atoms with E-state index in [2.05, 4.69) is 6.07 Å². The number of thioether (sulfide) groups is 1. The van der Waals surface area contributed by atoms with E-state index in [1.54, 1.807) is 30.3 Å². The van der Waals surface area contributed by atoms with E-state index in [1.165, 1.54) is 4.90 Å². The molecule has 148 valence electrons. The van der Waals surface area contributed by atoms with Crippen LogP contribution in [0.5, 0.6) is 0 Å². The van der Waals surface area contributed by atoms with E-state index in [1.807, 2.05) is 48.0 Å². The minimum Gasteiger partial charge on any atom is -0.317 e. The standard InChI is InChI=1S/C23H16ClN3O2S/c1-15-8-9-19(11-20(15)24)26-10-4-7-18(26)12-21-22(28)27(23(29)30-21)14-17-6-3-2-5-16(17)13-25/h2-12H,14H2,1H3/b21-12+. The molecular formula is C23H16ClN3O2S. The second-order valence-corrected chi connectivity index (χ2v) is 8.17. The number of nitriles is 1. The van der Waals surface area contributed by atoms with Crippen molar-refractivity contribution in [2.45, 2.75) is 13.5 Å². The summed E-state index contributed by atoms with van der Waals surface area (Å²) in [7, 11) is 0. The van der Waals surface area contributed by atoms with Gasteiger partial charge in [0.05, 0.1) is 23.1 Å². The number of carbonyl (C=O) groups is 2. The maximum Gasteiger partial charge on any atom is 0.293 e. The van der Waals surface area contributed by atoms with Crippen LogP contribution >= 0.6 is 23.4 Å². The van der Waals surface area contributed by atoms with Crippen molar-refractivity contribution in [2.24, 2.45) is 0 Å². The summed E-state index contributed by atoms with van der Waals surface area (Å²) in [5.74, 6) is -0.368. The quantitative estimate of drug-likeness (QED) is 0.506. The lowest BCUT2D eigenvalue weighted by molar-refractivity contribution is -0.123. The van der Waals surface area contributed by atoms with Gasteiger partial charge >= 0.3 is 0 Å². The first-order valence-corrected chi connectivity index (χ1v) is 10.3. The highest BCUT2D eigenvalue weighted by atomic mass is 35.5. The van der Waals surface area contributed by atoms with E-state index in [4.69, 9.17) is 11.6 Å². The Hall–Kier alpha value is -3.27. The van der Waals surface area contributed by atoms with Gasteiger partial charge in [-0.15, -0.1) is 0 Å². The van der Waals surface area contributed by atoms with Crippen LogP contribution in [0.4, 0.5) is 4.79 Å². The summed E-state index contributed by atoms with van der Waals surface area (Å²) in [5.41, 5.74) is 3.70. The van der Waals surface area contributed by atoms with E-state index in [0.29, 0.717) is 21.1 Å². The number of amides is 2. The van der Waals surface area contributed by atoms with E-state index in [9.17, 15) is 14.9 Å². The topological polar surface area (TPSA) is 66.1 Å². The van der Waals surface area contributed by atoms with Crippen LogP contribution in [-0.4, -0.2) is 20.6 Å². The Balaban J connectivity index is 1.63. The minimum atomic E-state index is -0.368. The minimum absolute atomic E-state index is 0.0698. The molecule has 0 spiro atoms. The Morgan fingerprint density at radius 2 is 1.93 bits per heavy atom. The highest BCUT2D eigenvalue weighted by Gasteiger charge is 2.35. The van der Waals surface area contributed by atoms with Gasteiger partial charge in [0.2, 0.25) is 0 Å². The maximum atomic E-state index is 12.9. The zero-order valence-electron chi connectivity index (χ0n) is 16.0. The van der Waals surface area contributed by atoms with Crippen LogP contribution in [-0.2, 0) is 11.3 Å². The summed E-state index contributed by atoms with van der Waals surface area (Å²) in [6.45, 7) is 2.00. The van der Waals surface area contributed by atoms with Crippen LogP contribution in [0.1, 0.15) is 22.4 Å². The summed E-state index contributed by atoms with van der Waals surface area (Å²) >= 11 is 7.15. The molecule has 2 aromatic carbocycles. The predicted molar refractivity (Wildman–Crippen MR) is 118 cm³/mol. The Kier molecular flexibility index (Phi) is 5.49. The summed E-state index contributed by atoms with van der Waals surface area (Å²) in [6.07, 6.45) is 3.58. The van der Waals surface area contributed by atoms with Gasteiger partial charge in [0.1, 0.15) is 0 Å². The fourth-order valence-electron chi connectivity index (χ4n) is 3.19. The van der Waals surface area contributed by atoms with Gasteiger partial charge in [0, 0.05) is 22.6 Å². The van der Waals surface area contributed by atoms with Crippen molar-refractivity contribution in [1.82, 2.24) is 9.47 Å². The Morgan fingerprint density at radius 1 is 1.13 bits per heavy atom. The predicted octanol–water partition coefficient (Wildman–Crippen LogP) is 5.55. The Labute approximate surface area is 183 Å². The first-order valence-electron chi connectivity index (χ1n) is 9.15. The lowest BCUT2D eigenvalue weighted by Crippen LogP contribution is -2.27. The van der Waals surface area contributed by atoms with Crippen LogP contribution in [0.2, 0.25) is 5.02 Å². The number of carbonyl (C=O) groups excluding carboxylic acids is 2. The number of rotatable bonds is 4. The average molecular weight is 434 g/mol. The molecule has 0 bridgehead atoms. The molecule has 0 aliphatic carbocycles. The van der Waals surface area contributed by atoms with Crippen LogP contribution in [0, 0.1) is 18.3 Å². The summed E-state index contributed by atoms with van der Waals surface area (Å²) in [6, 6.07) is 18.5. The van der Waals surface area contributed by atoms with Crippen molar-refractivity contribution < 1.29 is 9.59 Å². The molecule has 0 radical (unpaired) electrons. The first-order chi connectivity index (χ1) is 14.5. The molecule has 1 fully saturated rings. The third kappa shape index (κ3) is 3.78. The van der Waals surface area contributed by atoms with Gasteiger partial charge in [-0.3, -0.25) is 14.5 Å². The van der Waals surface area contributed by atoms with E-state index in [0.717, 1.165) is 28.7 Å². The van der Waals surface area contributed by atoms with Crippen LogP contribution in [0.15, 0.2) is 65.7 Å². The summed E-state index contributed by atoms with van der Waals surface area (Å²) in [4.78, 5) is 26.9. The number of benzene rings is 2. The Bertz CT molecular complexity index is 1240. The van der Waals surface area contributed by atoms with Crippen molar-refractivity contribution in [3.63, 3.8) is 0 Å². The van der Waals surface area contributed by atoms with Gasteiger partial charge in [0.25, 0.3) is 11.1 Å². The van der Waals surface area contributed by atoms with E-state index < -0.39 is 0 Å². The molecule has 1 aliphatic heterocycles. The molecule has 1 aromatic heterocycles. The van der Waals surface area contributed by atoms with Gasteiger partial charge in [-0.25, -0.2) is 0 Å². The molecule has 2 amide bonds. The third-order valence-corrected chi connectivity index (χ3v) is 6.15. The number of hydrogen-bond acceptors (Lipinski definition) is 4. The first kappa shape index (κ1) is 20.0. The molecule has 1 saturated heterocycles. The molecule has 0 unspecified atom stereocenters. The highest BCUT2D eigenvalue weighted by molar-refractivity contribution is 8.18. The van der Waals surface area contributed by atoms with Gasteiger partial charge in [0.15, 0.2) is 0 Å². The van der Waals surface area contributed by atoms with Gasteiger partial charge in [-0.1, -0.05) is 35.9 Å². The summed E-state index contributed by atoms with van der Waals surface area (Å²) in [5, 5.41) is 9.56. The zero-order chi connectivity index (χ0) is 21.3. The van der Waals surface area contributed by atoms with Gasteiger partial charge < -0.3 is 4.57 Å². The molecule has 0 atom stereocenters. The monoisotopic (exact) mass is 433 g/mol. The molecule has 4 rings (SSSR count). The second-order valence-electron chi connectivity index (χ2n) is 6.77. The van der Waals surface area contributed by atoms with Crippen LogP contribution in [0.25, 0.3) is 11.8 Å². The lowest BCUT2D eigenvalue weighted by atomic mass is 10.1. The normalized spacial score (nSPS) is 15.1. The average Bonchev–Trinajstić information content (AvgIpc) is 3.30. The SMILES string of the molecule is Cc1ccc(-n2cccc2/C=C2/SC(=O)N(Cc3ccccc3C#N)C2=O)cc1Cl. The zero-order valence-corrected chi connectivity index (χ0v) is 17.6. The number of nitrogens with zero attached hydrogens (tertiary/aromatic N) is 3. The van der Waals surface area contributed by atoms with Crippen molar-refractivity contribution in [3.05, 3.63) is 93.1 Å². The number of aromatic nitrogens is 1. The molecule has 7 heteroatoms. The largest absolute Gasteiger partial charge is 0.317 e. The van der Waals surface area contributed by atoms with Crippen LogP contribution < -0.4 is 0 Å². The van der Waals surface area contributed by atoms with Crippen LogP contribution in [0.3, 0.4) is 0 Å². The molecular weight excluding hydrogens is 418 g/mol. The van der Waals surface area contributed by atoms with Crippen molar-refractivity contribution in [3.8, 4) is 11.8 Å². The number of imide groups is 1. The van der Waals surface area contributed by atoms with Crippen molar-refractivity contribution >= 4 is 40.6 Å². The van der Waals surface area contributed by atoms with Crippen molar-refractivity contribution in [2.75, 3.05) is 0 Å². The smallest absolute Gasteiger partial charge is 0.293 e. The number of hydrogen-bond donors (Lipinski definition) is 0. The third-order valence-electron chi connectivity index (χ3n) is 4.83. The number of halogens is 1. The fourth-order valence-corrected chi connectivity index (χ4v) is 4.18. The Morgan fingerprint density at radius 3 is 2.70 bits per heavy atom. The molecule has 3 aromatic rings. The maximum absolute atomic E-state index is 12.9. The molecule has 0 N–H and O–H groups in total. The van der Waals surface area contributed by atoms with E-state index >= 15 is 0 Å². The highest BCUT2D eigenvalue weighted by Crippen LogP contribution is 2.34. The molecule has 1 aliphatic rings. The number of aryl methyl sites for hydroxylation is 1. The molecule has 30 heavy (non-hydrogen) atoms. The van der Waals surface area contributed by atoms with Gasteiger partial charge in [-0.2, -0.15) is 5.26 Å². The molecule has 5 nitrogen and oxygen atoms in total. The second kappa shape index (κ2) is 8.23. The molecule has 2 heterocycles. The van der Waals surface area contributed by atoms with Crippen molar-refractivity contribution in [1.29, 1.82) is 5.26 Å². The fraction of sp³-hybridized carbons (Fsp3) is 0.0870. The summed E-state index contributed by atoms with van der Waals surface area (Å²) < 4.78 is 1.91. The van der Waals surface area contributed by atoms with Gasteiger partial charge in [-0.05, 0) is 66.2 Å². The van der Waals surface area contributed by atoms with E-state index in [-0.39, 0.29) is 17.7 Å². The lowest BCUT2D eigenvalue weighted by Gasteiger charge is -2.13. The molecule has 0 saturated carbocycles.